The summed E-state index contributed by atoms with van der Waals surface area (Å²) in [6.07, 6.45) is 0. The standard InChI is InChI=1S/C18H10Cl2N2O2/c19-12-2-1-3-14(8-12)21-17(23)16-7-11-6-10-4-5-13(20)9-15(10)22-18(11)24-16/h1-9H,(H,21,23). The van der Waals surface area contributed by atoms with Crippen LogP contribution in [-0.2, 0) is 0 Å². The van der Waals surface area contributed by atoms with E-state index < -0.39 is 0 Å². The fourth-order valence-corrected chi connectivity index (χ4v) is 2.83. The summed E-state index contributed by atoms with van der Waals surface area (Å²) in [4.78, 5) is 16.8. The number of nitrogens with one attached hydrogen (secondary N) is 1. The first-order valence-electron chi connectivity index (χ1n) is 7.15. The molecule has 0 saturated carbocycles. The molecule has 1 amide bonds. The van der Waals surface area contributed by atoms with Crippen LogP contribution in [-0.4, -0.2) is 10.9 Å². The molecule has 2 aromatic heterocycles. The minimum Gasteiger partial charge on any atom is -0.433 e. The molecule has 0 atom stereocenters. The van der Waals surface area contributed by atoms with Gasteiger partial charge in [0, 0.05) is 26.5 Å². The Hall–Kier alpha value is -2.56. The monoisotopic (exact) mass is 356 g/mol. The van der Waals surface area contributed by atoms with E-state index in [1.807, 2.05) is 12.1 Å². The van der Waals surface area contributed by atoms with Crippen LogP contribution in [0.4, 0.5) is 5.69 Å². The van der Waals surface area contributed by atoms with Crippen LogP contribution in [0.15, 0.2) is 59.0 Å². The van der Waals surface area contributed by atoms with Crippen molar-refractivity contribution >= 4 is 56.8 Å². The third-order valence-corrected chi connectivity index (χ3v) is 4.04. The number of benzene rings is 2. The van der Waals surface area contributed by atoms with Gasteiger partial charge in [-0.15, -0.1) is 0 Å². The van der Waals surface area contributed by atoms with E-state index in [9.17, 15) is 4.79 Å². The molecule has 2 aromatic carbocycles. The highest BCUT2D eigenvalue weighted by Crippen LogP contribution is 2.25. The van der Waals surface area contributed by atoms with Crippen molar-refractivity contribution in [3.8, 4) is 0 Å². The van der Waals surface area contributed by atoms with Crippen molar-refractivity contribution in [3.63, 3.8) is 0 Å². The highest BCUT2D eigenvalue weighted by Gasteiger charge is 2.14. The maximum atomic E-state index is 12.3. The van der Waals surface area contributed by atoms with Crippen molar-refractivity contribution in [2.75, 3.05) is 5.32 Å². The molecular formula is C18H10Cl2N2O2. The number of amides is 1. The number of rotatable bonds is 2. The zero-order valence-electron chi connectivity index (χ0n) is 12.2. The average Bonchev–Trinajstić information content (AvgIpc) is 2.95. The molecule has 118 valence electrons. The van der Waals surface area contributed by atoms with E-state index in [0.29, 0.717) is 27.0 Å². The highest BCUT2D eigenvalue weighted by atomic mass is 35.5. The van der Waals surface area contributed by atoms with Gasteiger partial charge in [-0.3, -0.25) is 4.79 Å². The van der Waals surface area contributed by atoms with Crippen LogP contribution in [0, 0.1) is 0 Å². The molecule has 0 bridgehead atoms. The van der Waals surface area contributed by atoms with E-state index in [0.717, 1.165) is 10.8 Å². The molecule has 0 radical (unpaired) electrons. The van der Waals surface area contributed by atoms with Crippen LogP contribution < -0.4 is 5.32 Å². The Kier molecular flexibility index (Phi) is 3.63. The molecule has 0 saturated heterocycles. The number of anilines is 1. The minimum atomic E-state index is -0.364. The van der Waals surface area contributed by atoms with Crippen LogP contribution in [0.3, 0.4) is 0 Å². The Balaban J connectivity index is 1.71. The molecule has 0 spiro atoms. The lowest BCUT2D eigenvalue weighted by Crippen LogP contribution is -2.10. The van der Waals surface area contributed by atoms with Crippen molar-refractivity contribution < 1.29 is 9.21 Å². The zero-order valence-corrected chi connectivity index (χ0v) is 13.7. The fraction of sp³-hybridized carbons (Fsp3) is 0. The smallest absolute Gasteiger partial charge is 0.291 e. The lowest BCUT2D eigenvalue weighted by molar-refractivity contribution is 0.0998. The number of halogens is 2. The van der Waals surface area contributed by atoms with Crippen LogP contribution in [0.1, 0.15) is 10.6 Å². The highest BCUT2D eigenvalue weighted by molar-refractivity contribution is 6.31. The maximum Gasteiger partial charge on any atom is 0.291 e. The summed E-state index contributed by atoms with van der Waals surface area (Å²) in [6, 6.07) is 15.9. The van der Waals surface area contributed by atoms with Gasteiger partial charge < -0.3 is 9.73 Å². The predicted molar refractivity (Wildman–Crippen MR) is 95.9 cm³/mol. The van der Waals surface area contributed by atoms with Gasteiger partial charge in [-0.25, -0.2) is 4.98 Å². The van der Waals surface area contributed by atoms with E-state index in [1.54, 1.807) is 42.5 Å². The molecule has 4 aromatic rings. The SMILES string of the molecule is O=C(Nc1cccc(Cl)c1)c1cc2cc3ccc(Cl)cc3nc2o1. The maximum absolute atomic E-state index is 12.3. The Labute approximate surface area is 147 Å². The Morgan fingerprint density at radius 1 is 0.958 bits per heavy atom. The Bertz CT molecular complexity index is 1090. The van der Waals surface area contributed by atoms with Crippen molar-refractivity contribution in [1.29, 1.82) is 0 Å². The number of pyridine rings is 1. The number of carbonyl (C=O) groups excluding carboxylic acids is 1. The van der Waals surface area contributed by atoms with E-state index in [1.165, 1.54) is 0 Å². The third kappa shape index (κ3) is 2.82. The second-order valence-electron chi connectivity index (χ2n) is 5.29. The molecule has 0 fully saturated rings. The van der Waals surface area contributed by atoms with E-state index in [4.69, 9.17) is 27.6 Å². The first-order valence-corrected chi connectivity index (χ1v) is 7.91. The second-order valence-corrected chi connectivity index (χ2v) is 6.17. The summed E-state index contributed by atoms with van der Waals surface area (Å²) in [5, 5.41) is 5.56. The molecule has 0 aliphatic carbocycles. The van der Waals surface area contributed by atoms with Crippen LogP contribution in [0.25, 0.3) is 22.0 Å². The molecule has 4 rings (SSSR count). The number of hydrogen-bond acceptors (Lipinski definition) is 3. The van der Waals surface area contributed by atoms with Gasteiger partial charge in [-0.05, 0) is 42.5 Å². The number of carbonyl (C=O) groups is 1. The Morgan fingerprint density at radius 2 is 1.79 bits per heavy atom. The third-order valence-electron chi connectivity index (χ3n) is 3.57. The molecule has 1 N–H and O–H groups in total. The number of aromatic nitrogens is 1. The minimum absolute atomic E-state index is 0.180. The van der Waals surface area contributed by atoms with E-state index >= 15 is 0 Å². The number of furan rings is 1. The van der Waals surface area contributed by atoms with Gasteiger partial charge in [0.05, 0.1) is 5.52 Å². The molecule has 0 unspecified atom stereocenters. The van der Waals surface area contributed by atoms with E-state index in [-0.39, 0.29) is 11.7 Å². The molecule has 4 nitrogen and oxygen atoms in total. The molecular weight excluding hydrogens is 347 g/mol. The van der Waals surface area contributed by atoms with Gasteiger partial charge in [-0.1, -0.05) is 35.3 Å². The fourth-order valence-electron chi connectivity index (χ4n) is 2.47. The number of hydrogen-bond donors (Lipinski definition) is 1. The quantitative estimate of drug-likeness (QED) is 0.512. The van der Waals surface area contributed by atoms with Gasteiger partial charge >= 0.3 is 0 Å². The summed E-state index contributed by atoms with van der Waals surface area (Å²) >= 11 is 11.9. The summed E-state index contributed by atoms with van der Waals surface area (Å²) in [6.45, 7) is 0. The molecule has 2 heterocycles. The normalized spacial score (nSPS) is 11.1. The number of nitrogens with zero attached hydrogens (tertiary/aromatic N) is 1. The van der Waals surface area contributed by atoms with Crippen molar-refractivity contribution in [1.82, 2.24) is 4.98 Å². The van der Waals surface area contributed by atoms with Crippen molar-refractivity contribution in [3.05, 3.63) is 70.4 Å². The van der Waals surface area contributed by atoms with Gasteiger partial charge in [0.2, 0.25) is 5.71 Å². The largest absolute Gasteiger partial charge is 0.433 e. The lowest BCUT2D eigenvalue weighted by atomic mass is 10.2. The van der Waals surface area contributed by atoms with Crippen molar-refractivity contribution in [2.24, 2.45) is 0 Å². The lowest BCUT2D eigenvalue weighted by Gasteiger charge is -2.02. The van der Waals surface area contributed by atoms with Gasteiger partial charge in [0.15, 0.2) is 5.76 Å². The molecule has 0 aliphatic rings. The van der Waals surface area contributed by atoms with E-state index in [2.05, 4.69) is 10.3 Å². The van der Waals surface area contributed by atoms with Crippen LogP contribution in [0.5, 0.6) is 0 Å². The Morgan fingerprint density at radius 3 is 2.62 bits per heavy atom. The predicted octanol–water partition coefficient (Wildman–Crippen LogP) is 5.54. The van der Waals surface area contributed by atoms with Gasteiger partial charge in [0.1, 0.15) is 0 Å². The average molecular weight is 357 g/mol. The molecule has 24 heavy (non-hydrogen) atoms. The van der Waals surface area contributed by atoms with Crippen molar-refractivity contribution in [2.45, 2.75) is 0 Å². The van der Waals surface area contributed by atoms with Crippen LogP contribution >= 0.6 is 23.2 Å². The first kappa shape index (κ1) is 15.0. The molecule has 0 aliphatic heterocycles. The van der Waals surface area contributed by atoms with Gasteiger partial charge in [-0.2, -0.15) is 0 Å². The topological polar surface area (TPSA) is 55.1 Å². The molecule has 6 heteroatoms. The summed E-state index contributed by atoms with van der Waals surface area (Å²) in [7, 11) is 0. The van der Waals surface area contributed by atoms with Gasteiger partial charge in [0.25, 0.3) is 5.91 Å². The zero-order chi connectivity index (χ0) is 16.7. The first-order chi connectivity index (χ1) is 11.6. The summed E-state index contributed by atoms with van der Waals surface area (Å²) < 4.78 is 5.58. The summed E-state index contributed by atoms with van der Waals surface area (Å²) in [5.74, 6) is -0.184. The second kappa shape index (κ2) is 5.82. The van der Waals surface area contributed by atoms with Crippen LogP contribution in [0.2, 0.25) is 10.0 Å². The number of fused-ring (bicyclic) bond motifs is 2. The summed E-state index contributed by atoms with van der Waals surface area (Å²) in [5.41, 5.74) is 1.70.